The van der Waals surface area contributed by atoms with Gasteiger partial charge in [-0.05, 0) is 37.3 Å². The fraction of sp³-hybridized carbons (Fsp3) is 0.500. The Morgan fingerprint density at radius 3 is 2.67 bits per heavy atom. The molecule has 2 heterocycles. The van der Waals surface area contributed by atoms with Gasteiger partial charge in [-0.3, -0.25) is 4.79 Å². The van der Waals surface area contributed by atoms with Gasteiger partial charge in [-0.15, -0.1) is 0 Å². The molecule has 1 amide bonds. The normalized spacial score (nSPS) is 20.9. The van der Waals surface area contributed by atoms with Crippen molar-refractivity contribution in [3.05, 3.63) is 41.5 Å². The van der Waals surface area contributed by atoms with Crippen molar-refractivity contribution < 1.29 is 9.32 Å². The smallest absolute Gasteiger partial charge is 0.255 e. The molecule has 1 fully saturated rings. The highest BCUT2D eigenvalue weighted by Gasteiger charge is 2.27. The van der Waals surface area contributed by atoms with Crippen molar-refractivity contribution in [1.82, 2.24) is 15.0 Å². The lowest BCUT2D eigenvalue weighted by Crippen LogP contribution is -2.42. The van der Waals surface area contributed by atoms with Crippen LogP contribution in [0.1, 0.15) is 42.3 Å². The molecule has 0 radical (unpaired) electrons. The summed E-state index contributed by atoms with van der Waals surface area (Å²) in [5, 5.41) is 7.02. The van der Waals surface area contributed by atoms with Gasteiger partial charge in [0.1, 0.15) is 0 Å². The van der Waals surface area contributed by atoms with Crippen molar-refractivity contribution in [3.63, 3.8) is 0 Å². The van der Waals surface area contributed by atoms with Crippen molar-refractivity contribution in [2.75, 3.05) is 18.4 Å². The van der Waals surface area contributed by atoms with E-state index in [0.29, 0.717) is 35.7 Å². The fourth-order valence-corrected chi connectivity index (χ4v) is 3.41. The number of amides is 1. The molecule has 1 aromatic heterocycles. The standard InChI is InChI=1S/C18H24N4O2/c1-12-8-13(2)11-22(10-12)18(23)15-6-4-5-7-16(15)19-9-17-20-14(3)21-24-17/h4-7,12-13,19H,8-11H2,1-3H3/t12-,13+. The molecular weight excluding hydrogens is 304 g/mol. The first-order valence-electron chi connectivity index (χ1n) is 8.44. The van der Waals surface area contributed by atoms with E-state index in [0.717, 1.165) is 18.8 Å². The molecule has 0 bridgehead atoms. The molecular formula is C18H24N4O2. The number of piperidine rings is 1. The van der Waals surface area contributed by atoms with Gasteiger partial charge in [-0.25, -0.2) is 0 Å². The summed E-state index contributed by atoms with van der Waals surface area (Å²) in [5.41, 5.74) is 1.49. The monoisotopic (exact) mass is 328 g/mol. The highest BCUT2D eigenvalue weighted by Crippen LogP contribution is 2.25. The second-order valence-electron chi connectivity index (χ2n) is 6.79. The largest absolute Gasteiger partial charge is 0.375 e. The van der Waals surface area contributed by atoms with E-state index in [1.165, 1.54) is 6.42 Å². The van der Waals surface area contributed by atoms with Gasteiger partial charge >= 0.3 is 0 Å². The van der Waals surface area contributed by atoms with E-state index in [9.17, 15) is 4.79 Å². The van der Waals surface area contributed by atoms with Crippen LogP contribution in [0, 0.1) is 18.8 Å². The van der Waals surface area contributed by atoms with Crippen LogP contribution in [-0.2, 0) is 6.54 Å². The number of aromatic nitrogens is 2. The first kappa shape index (κ1) is 16.5. The van der Waals surface area contributed by atoms with Crippen molar-refractivity contribution in [1.29, 1.82) is 0 Å². The highest BCUT2D eigenvalue weighted by atomic mass is 16.5. The number of likely N-dealkylation sites (tertiary alicyclic amines) is 1. The van der Waals surface area contributed by atoms with Gasteiger partial charge in [0, 0.05) is 18.8 Å². The predicted octanol–water partition coefficient (Wildman–Crippen LogP) is 3.11. The minimum Gasteiger partial charge on any atom is -0.375 e. The number of carbonyl (C=O) groups excluding carboxylic acids is 1. The fourth-order valence-electron chi connectivity index (χ4n) is 3.41. The molecule has 6 heteroatoms. The minimum atomic E-state index is 0.0817. The second-order valence-corrected chi connectivity index (χ2v) is 6.79. The molecule has 6 nitrogen and oxygen atoms in total. The molecule has 2 aromatic rings. The minimum absolute atomic E-state index is 0.0817. The van der Waals surface area contributed by atoms with Gasteiger partial charge in [-0.2, -0.15) is 4.98 Å². The van der Waals surface area contributed by atoms with Crippen molar-refractivity contribution in [2.24, 2.45) is 11.8 Å². The summed E-state index contributed by atoms with van der Waals surface area (Å²) in [4.78, 5) is 19.1. The van der Waals surface area contributed by atoms with Gasteiger partial charge in [0.05, 0.1) is 12.1 Å². The molecule has 0 spiro atoms. The van der Waals surface area contributed by atoms with Crippen LogP contribution in [0.5, 0.6) is 0 Å². The Morgan fingerprint density at radius 2 is 2.00 bits per heavy atom. The highest BCUT2D eigenvalue weighted by molar-refractivity contribution is 5.99. The Balaban J connectivity index is 1.74. The number of rotatable bonds is 4. The second kappa shape index (κ2) is 7.03. The van der Waals surface area contributed by atoms with E-state index in [2.05, 4.69) is 29.3 Å². The third-order valence-electron chi connectivity index (χ3n) is 4.31. The van der Waals surface area contributed by atoms with Crippen LogP contribution in [0.2, 0.25) is 0 Å². The molecule has 1 saturated heterocycles. The van der Waals surface area contributed by atoms with Gasteiger partial charge in [0.15, 0.2) is 5.82 Å². The number of hydrogen-bond donors (Lipinski definition) is 1. The lowest BCUT2D eigenvalue weighted by Gasteiger charge is -2.35. The lowest BCUT2D eigenvalue weighted by molar-refractivity contribution is 0.0624. The zero-order valence-corrected chi connectivity index (χ0v) is 14.5. The van der Waals surface area contributed by atoms with E-state index >= 15 is 0 Å². The first-order valence-corrected chi connectivity index (χ1v) is 8.44. The summed E-state index contributed by atoms with van der Waals surface area (Å²) in [7, 11) is 0. The molecule has 1 aromatic carbocycles. The number of hydrogen-bond acceptors (Lipinski definition) is 5. The van der Waals surface area contributed by atoms with Gasteiger partial charge < -0.3 is 14.7 Å². The lowest BCUT2D eigenvalue weighted by atomic mass is 9.91. The third-order valence-corrected chi connectivity index (χ3v) is 4.31. The maximum Gasteiger partial charge on any atom is 0.255 e. The molecule has 2 atom stereocenters. The topological polar surface area (TPSA) is 71.3 Å². The van der Waals surface area contributed by atoms with Gasteiger partial charge in [-0.1, -0.05) is 31.1 Å². The van der Waals surface area contributed by atoms with Crippen LogP contribution in [0.25, 0.3) is 0 Å². The molecule has 1 aliphatic heterocycles. The van der Waals surface area contributed by atoms with E-state index < -0.39 is 0 Å². The summed E-state index contributed by atoms with van der Waals surface area (Å²) in [6, 6.07) is 7.59. The van der Waals surface area contributed by atoms with E-state index in [1.807, 2.05) is 29.2 Å². The number of anilines is 1. The first-order chi connectivity index (χ1) is 11.5. The van der Waals surface area contributed by atoms with Crippen LogP contribution in [-0.4, -0.2) is 34.0 Å². The van der Waals surface area contributed by atoms with Crippen LogP contribution < -0.4 is 5.32 Å². The molecule has 0 aliphatic carbocycles. The summed E-state index contributed by atoms with van der Waals surface area (Å²) in [5.74, 6) is 2.28. The summed E-state index contributed by atoms with van der Waals surface area (Å²) >= 11 is 0. The van der Waals surface area contributed by atoms with Crippen molar-refractivity contribution >= 4 is 11.6 Å². The molecule has 0 saturated carbocycles. The number of benzene rings is 1. The quantitative estimate of drug-likeness (QED) is 0.934. The number of nitrogens with zero attached hydrogens (tertiary/aromatic N) is 3. The Hall–Kier alpha value is -2.37. The SMILES string of the molecule is Cc1noc(CNc2ccccc2C(=O)N2C[C@H](C)C[C@H](C)C2)n1. The van der Waals surface area contributed by atoms with Crippen molar-refractivity contribution in [2.45, 2.75) is 33.7 Å². The Morgan fingerprint density at radius 1 is 1.29 bits per heavy atom. The molecule has 128 valence electrons. The zero-order valence-electron chi connectivity index (χ0n) is 14.5. The Kier molecular flexibility index (Phi) is 4.83. The zero-order chi connectivity index (χ0) is 17.1. The molecule has 1 N–H and O–H groups in total. The maximum atomic E-state index is 13.0. The van der Waals surface area contributed by atoms with E-state index in [1.54, 1.807) is 6.92 Å². The molecule has 1 aliphatic rings. The Labute approximate surface area is 142 Å². The number of aryl methyl sites for hydroxylation is 1. The van der Waals surface area contributed by atoms with Crippen LogP contribution in [0.15, 0.2) is 28.8 Å². The number of para-hydroxylation sites is 1. The Bertz CT molecular complexity index is 703. The number of carbonyl (C=O) groups is 1. The van der Waals surface area contributed by atoms with E-state index in [-0.39, 0.29) is 5.91 Å². The molecule has 3 rings (SSSR count). The van der Waals surface area contributed by atoms with E-state index in [4.69, 9.17) is 4.52 Å². The van der Waals surface area contributed by atoms with Crippen LogP contribution in [0.3, 0.4) is 0 Å². The third kappa shape index (κ3) is 3.75. The molecule has 0 unspecified atom stereocenters. The van der Waals surface area contributed by atoms with Crippen molar-refractivity contribution in [3.8, 4) is 0 Å². The van der Waals surface area contributed by atoms with Crippen LogP contribution >= 0.6 is 0 Å². The summed E-state index contributed by atoms with van der Waals surface area (Å²) in [6.45, 7) is 8.23. The number of nitrogens with one attached hydrogen (secondary N) is 1. The predicted molar refractivity (Wildman–Crippen MR) is 91.7 cm³/mol. The summed E-state index contributed by atoms with van der Waals surface area (Å²) in [6.07, 6.45) is 1.18. The average Bonchev–Trinajstić information content (AvgIpc) is 2.97. The van der Waals surface area contributed by atoms with Gasteiger partial charge in [0.25, 0.3) is 5.91 Å². The van der Waals surface area contributed by atoms with Crippen LogP contribution in [0.4, 0.5) is 5.69 Å². The summed E-state index contributed by atoms with van der Waals surface area (Å²) < 4.78 is 5.11. The van der Waals surface area contributed by atoms with Gasteiger partial charge in [0.2, 0.25) is 5.89 Å². The maximum absolute atomic E-state index is 13.0. The average molecular weight is 328 g/mol. The molecule has 24 heavy (non-hydrogen) atoms.